The van der Waals surface area contributed by atoms with Crippen molar-refractivity contribution in [2.75, 3.05) is 46.4 Å². The van der Waals surface area contributed by atoms with Gasteiger partial charge in [0.25, 0.3) is 5.91 Å². The van der Waals surface area contributed by atoms with Gasteiger partial charge in [0.2, 0.25) is 0 Å². The number of piperazine rings is 1. The highest BCUT2D eigenvalue weighted by Gasteiger charge is 2.46. The molecule has 0 bridgehead atoms. The number of rotatable bonds is 4. The van der Waals surface area contributed by atoms with E-state index in [0.717, 1.165) is 62.8 Å². The van der Waals surface area contributed by atoms with E-state index in [9.17, 15) is 4.79 Å². The first kappa shape index (κ1) is 18.0. The summed E-state index contributed by atoms with van der Waals surface area (Å²) in [7, 11) is 2.15. The number of hydrogen-bond acceptors (Lipinski definition) is 5. The lowest BCUT2D eigenvalue weighted by Gasteiger charge is -2.47. The number of nitrogens with one attached hydrogen (secondary N) is 1. The smallest absolute Gasteiger partial charge is 0.265 e. The van der Waals surface area contributed by atoms with Crippen LogP contribution in [0.1, 0.15) is 30.9 Å². The molecule has 3 aliphatic heterocycles. The fourth-order valence-corrected chi connectivity index (χ4v) is 4.53. The van der Waals surface area contributed by atoms with E-state index in [-0.39, 0.29) is 5.91 Å². The maximum absolute atomic E-state index is 13.5. The molecule has 0 radical (unpaired) electrons. The summed E-state index contributed by atoms with van der Waals surface area (Å²) < 4.78 is 5.67. The Morgan fingerprint density at radius 2 is 2.00 bits per heavy atom. The van der Waals surface area contributed by atoms with Crippen molar-refractivity contribution in [2.45, 2.75) is 31.7 Å². The minimum atomic E-state index is -0.605. The van der Waals surface area contributed by atoms with Crippen LogP contribution < -0.4 is 10.2 Å². The molecule has 2 fully saturated rings. The van der Waals surface area contributed by atoms with Gasteiger partial charge in [-0.05, 0) is 68.1 Å². The molecule has 28 heavy (non-hydrogen) atoms. The minimum absolute atomic E-state index is 0.178. The van der Waals surface area contributed by atoms with Gasteiger partial charge in [-0.3, -0.25) is 20.1 Å². The first-order chi connectivity index (χ1) is 13.5. The number of hydrazine groups is 1. The molecule has 1 N–H and O–H groups in total. The number of carbonyl (C=O) groups excluding carboxylic acids is 1. The summed E-state index contributed by atoms with van der Waals surface area (Å²) in [6.45, 7) is 7.48. The highest BCUT2D eigenvalue weighted by Crippen LogP contribution is 2.35. The highest BCUT2D eigenvalue weighted by molar-refractivity contribution is 5.93. The van der Waals surface area contributed by atoms with Crippen molar-refractivity contribution in [1.82, 2.24) is 20.2 Å². The topological polar surface area (TPSA) is 48.1 Å². The predicted octanol–water partition coefficient (Wildman–Crippen LogP) is 1.73. The third-order valence-corrected chi connectivity index (χ3v) is 6.66. The molecular weight excluding hydrogens is 352 g/mol. The molecule has 1 aliphatic carbocycles. The Bertz CT molecular complexity index is 811. The largest absolute Gasteiger partial charge is 0.493 e. The lowest BCUT2D eigenvalue weighted by molar-refractivity contribution is -0.145. The summed E-state index contributed by atoms with van der Waals surface area (Å²) in [6, 6.07) is 6.39. The summed E-state index contributed by atoms with van der Waals surface area (Å²) >= 11 is 0. The van der Waals surface area contributed by atoms with Gasteiger partial charge >= 0.3 is 0 Å². The first-order valence-electron chi connectivity index (χ1n) is 10.5. The molecule has 1 unspecified atom stereocenters. The highest BCUT2D eigenvalue weighted by atomic mass is 16.5. The molecule has 1 aromatic rings. The molecule has 1 saturated heterocycles. The van der Waals surface area contributed by atoms with Crippen molar-refractivity contribution in [1.29, 1.82) is 0 Å². The monoisotopic (exact) mass is 382 g/mol. The molecular formula is C22H30N4O2. The lowest BCUT2D eigenvalue weighted by atomic mass is 9.91. The van der Waals surface area contributed by atoms with E-state index >= 15 is 0 Å². The standard InChI is InChI=1S/C22H30N4O2/c1-22(25-10-8-24(2)9-11-25)14-19(23-26(21(22)27)15-16-3-4-16)17-5-6-20-18(13-17)7-12-28-20/h5-6,13-14,16,23H,3-4,7-12,15H2,1-2H3. The molecule has 6 heteroatoms. The van der Waals surface area contributed by atoms with Crippen LogP contribution in [0.5, 0.6) is 5.75 Å². The lowest BCUT2D eigenvalue weighted by Crippen LogP contribution is -2.65. The van der Waals surface area contributed by atoms with Gasteiger partial charge in [-0.2, -0.15) is 0 Å². The number of benzene rings is 1. The number of amides is 1. The van der Waals surface area contributed by atoms with Crippen LogP contribution >= 0.6 is 0 Å². The second-order valence-electron chi connectivity index (χ2n) is 8.89. The number of hydrogen-bond donors (Lipinski definition) is 1. The van der Waals surface area contributed by atoms with Crippen LogP contribution in [-0.4, -0.2) is 72.6 Å². The number of likely N-dealkylation sites (N-methyl/N-ethyl adjacent to an activating group) is 1. The van der Waals surface area contributed by atoms with Crippen molar-refractivity contribution in [3.63, 3.8) is 0 Å². The van der Waals surface area contributed by atoms with Gasteiger partial charge in [0, 0.05) is 39.1 Å². The molecule has 4 aliphatic rings. The first-order valence-corrected chi connectivity index (χ1v) is 10.5. The van der Waals surface area contributed by atoms with Gasteiger partial charge in [-0.15, -0.1) is 0 Å². The Balaban J connectivity index is 1.50. The van der Waals surface area contributed by atoms with Crippen molar-refractivity contribution < 1.29 is 9.53 Å². The fourth-order valence-electron chi connectivity index (χ4n) is 4.53. The second-order valence-corrected chi connectivity index (χ2v) is 8.89. The Morgan fingerprint density at radius 1 is 1.21 bits per heavy atom. The molecule has 1 amide bonds. The predicted molar refractivity (Wildman–Crippen MR) is 109 cm³/mol. The maximum Gasteiger partial charge on any atom is 0.265 e. The summed E-state index contributed by atoms with van der Waals surface area (Å²) in [5.41, 5.74) is 6.28. The molecule has 0 aromatic heterocycles. The van der Waals surface area contributed by atoms with Gasteiger partial charge in [0.15, 0.2) is 0 Å². The van der Waals surface area contributed by atoms with Gasteiger partial charge in [0.1, 0.15) is 11.3 Å². The Morgan fingerprint density at radius 3 is 2.75 bits per heavy atom. The van der Waals surface area contributed by atoms with Crippen LogP contribution in [0, 0.1) is 5.92 Å². The fraction of sp³-hybridized carbons (Fsp3) is 0.591. The average Bonchev–Trinajstić information content (AvgIpc) is 3.38. The van der Waals surface area contributed by atoms with Gasteiger partial charge in [0.05, 0.1) is 12.3 Å². The molecule has 6 nitrogen and oxygen atoms in total. The Kier molecular flexibility index (Phi) is 4.36. The number of fused-ring (bicyclic) bond motifs is 1. The minimum Gasteiger partial charge on any atom is -0.493 e. The van der Waals surface area contributed by atoms with Gasteiger partial charge < -0.3 is 9.64 Å². The number of nitrogens with zero attached hydrogens (tertiary/aromatic N) is 3. The van der Waals surface area contributed by atoms with Crippen molar-refractivity contribution >= 4 is 11.6 Å². The van der Waals surface area contributed by atoms with E-state index in [4.69, 9.17) is 4.74 Å². The van der Waals surface area contributed by atoms with Crippen LogP contribution in [0.15, 0.2) is 24.3 Å². The van der Waals surface area contributed by atoms with Crippen LogP contribution in [0.2, 0.25) is 0 Å². The molecule has 0 spiro atoms. The Hall–Kier alpha value is -2.05. The van der Waals surface area contributed by atoms with E-state index < -0.39 is 5.54 Å². The maximum atomic E-state index is 13.5. The van der Waals surface area contributed by atoms with Crippen LogP contribution in [-0.2, 0) is 11.2 Å². The molecule has 150 valence electrons. The molecule has 1 aromatic carbocycles. The molecule has 3 heterocycles. The number of ether oxygens (including phenoxy) is 1. The molecule has 1 saturated carbocycles. The SMILES string of the molecule is CN1CCN(C2(C)C=C(c3ccc4c(c3)CCO4)NN(CC3CC3)C2=O)CC1. The molecule has 1 atom stereocenters. The van der Waals surface area contributed by atoms with Crippen molar-refractivity contribution in [3.05, 3.63) is 35.4 Å². The van der Waals surface area contributed by atoms with Gasteiger partial charge in [-0.25, -0.2) is 0 Å². The van der Waals surface area contributed by atoms with E-state index in [1.165, 1.54) is 18.4 Å². The Labute approximate surface area is 167 Å². The van der Waals surface area contributed by atoms with Crippen LogP contribution in [0.3, 0.4) is 0 Å². The summed E-state index contributed by atoms with van der Waals surface area (Å²) in [5.74, 6) is 1.81. The van der Waals surface area contributed by atoms with E-state index in [1.807, 2.05) is 5.01 Å². The van der Waals surface area contributed by atoms with Crippen molar-refractivity contribution in [3.8, 4) is 5.75 Å². The average molecular weight is 383 g/mol. The van der Waals surface area contributed by atoms with Crippen LogP contribution in [0.25, 0.3) is 5.70 Å². The zero-order valence-electron chi connectivity index (χ0n) is 16.9. The molecule has 5 rings (SSSR count). The summed E-state index contributed by atoms with van der Waals surface area (Å²) in [4.78, 5) is 18.2. The van der Waals surface area contributed by atoms with E-state index in [1.54, 1.807) is 0 Å². The third-order valence-electron chi connectivity index (χ3n) is 6.66. The summed E-state index contributed by atoms with van der Waals surface area (Å²) in [6.07, 6.45) is 5.57. The number of carbonyl (C=O) groups is 1. The van der Waals surface area contributed by atoms with E-state index in [0.29, 0.717) is 5.92 Å². The zero-order chi connectivity index (χ0) is 19.3. The van der Waals surface area contributed by atoms with E-state index in [2.05, 4.69) is 53.5 Å². The van der Waals surface area contributed by atoms with Gasteiger partial charge in [-0.1, -0.05) is 0 Å². The quantitative estimate of drug-likeness (QED) is 0.859. The van der Waals surface area contributed by atoms with Crippen LogP contribution in [0.4, 0.5) is 0 Å². The third kappa shape index (κ3) is 3.18. The summed E-state index contributed by atoms with van der Waals surface area (Å²) in [5, 5.41) is 1.88. The zero-order valence-corrected chi connectivity index (χ0v) is 16.9. The second kappa shape index (κ2) is 6.78. The normalized spacial score (nSPS) is 28.6. The van der Waals surface area contributed by atoms with Crippen molar-refractivity contribution in [2.24, 2.45) is 5.92 Å².